The van der Waals surface area contributed by atoms with E-state index in [0.717, 1.165) is 4.68 Å². The molecule has 1 heterocycles. The van der Waals surface area contributed by atoms with E-state index in [1.807, 2.05) is 0 Å². The maximum atomic E-state index is 12.3. The van der Waals surface area contributed by atoms with Crippen molar-refractivity contribution in [2.75, 3.05) is 12.4 Å². The largest absolute Gasteiger partial charge is 0.493 e. The molecule has 0 radical (unpaired) electrons. The second-order valence-corrected chi connectivity index (χ2v) is 4.85. The number of rotatable bonds is 7. The summed E-state index contributed by atoms with van der Waals surface area (Å²) in [5, 5.41) is 17.3. The molecule has 0 saturated carbocycles. The summed E-state index contributed by atoms with van der Waals surface area (Å²) < 4.78 is 34.7. The van der Waals surface area contributed by atoms with Gasteiger partial charge in [0, 0.05) is 11.8 Å². The van der Waals surface area contributed by atoms with Gasteiger partial charge in [0.1, 0.15) is 0 Å². The third-order valence-electron chi connectivity index (χ3n) is 3.02. The number of nitro groups is 1. The average molecular weight is 356 g/mol. The van der Waals surface area contributed by atoms with Crippen LogP contribution in [-0.4, -0.2) is 34.3 Å². The summed E-state index contributed by atoms with van der Waals surface area (Å²) in [5.74, 6) is -1.09. The number of carbonyl (C=O) groups is 1. The summed E-state index contributed by atoms with van der Waals surface area (Å²) in [4.78, 5) is 22.3. The fraction of sp³-hybridized carbons (Fsp3) is 0.286. The van der Waals surface area contributed by atoms with Crippen molar-refractivity contribution in [3.63, 3.8) is 0 Å². The standard InChI is InChI=1S/C14H14F2N4O5/c1-8-5-13(20(22)23)19(18-8)7-12(21)17-9-3-4-10(25-14(15)16)11(6-9)24-2/h3-6,14H,7H2,1-2H3,(H,17,21). The van der Waals surface area contributed by atoms with Crippen LogP contribution in [0.1, 0.15) is 5.69 Å². The van der Waals surface area contributed by atoms with Crippen molar-refractivity contribution in [1.82, 2.24) is 9.78 Å². The van der Waals surface area contributed by atoms with Crippen LogP contribution in [0.3, 0.4) is 0 Å². The van der Waals surface area contributed by atoms with Crippen molar-refractivity contribution in [2.45, 2.75) is 20.1 Å². The smallest absolute Gasteiger partial charge is 0.387 e. The van der Waals surface area contributed by atoms with E-state index < -0.39 is 17.4 Å². The first-order valence-corrected chi connectivity index (χ1v) is 6.91. The molecule has 0 unspecified atom stereocenters. The lowest BCUT2D eigenvalue weighted by Crippen LogP contribution is -2.20. The summed E-state index contributed by atoms with van der Waals surface area (Å²) in [7, 11) is 1.26. The molecule has 1 aromatic carbocycles. The normalized spacial score (nSPS) is 10.6. The maximum absolute atomic E-state index is 12.3. The average Bonchev–Trinajstić information content (AvgIpc) is 2.88. The van der Waals surface area contributed by atoms with Crippen molar-refractivity contribution in [2.24, 2.45) is 0 Å². The SMILES string of the molecule is COc1cc(NC(=O)Cn2nc(C)cc2[N+](=O)[O-])ccc1OC(F)F. The van der Waals surface area contributed by atoms with Crippen LogP contribution in [0.2, 0.25) is 0 Å². The Morgan fingerprint density at radius 3 is 2.72 bits per heavy atom. The molecule has 2 rings (SSSR count). The van der Waals surface area contributed by atoms with Gasteiger partial charge in [-0.05, 0) is 24.0 Å². The molecule has 2 aromatic rings. The number of halogens is 2. The zero-order chi connectivity index (χ0) is 18.6. The molecule has 9 nitrogen and oxygen atoms in total. The lowest BCUT2D eigenvalue weighted by Gasteiger charge is -2.11. The Bertz CT molecular complexity index is 794. The maximum Gasteiger partial charge on any atom is 0.387 e. The first kappa shape index (κ1) is 18.1. The monoisotopic (exact) mass is 356 g/mol. The topological polar surface area (TPSA) is 109 Å². The predicted molar refractivity (Wildman–Crippen MR) is 81.9 cm³/mol. The van der Waals surface area contributed by atoms with Gasteiger partial charge in [0.15, 0.2) is 18.0 Å². The zero-order valence-electron chi connectivity index (χ0n) is 13.2. The molecule has 0 spiro atoms. The Kier molecular flexibility index (Phi) is 5.47. The first-order chi connectivity index (χ1) is 11.8. The molecular weight excluding hydrogens is 342 g/mol. The highest BCUT2D eigenvalue weighted by Gasteiger charge is 2.20. The van der Waals surface area contributed by atoms with Crippen LogP contribution >= 0.6 is 0 Å². The molecular formula is C14H14F2N4O5. The van der Waals surface area contributed by atoms with Crippen LogP contribution < -0.4 is 14.8 Å². The Hall–Kier alpha value is -3.24. The predicted octanol–water partition coefficient (Wildman–Crippen LogP) is 2.35. The molecule has 1 aromatic heterocycles. The fourth-order valence-electron chi connectivity index (χ4n) is 2.07. The lowest BCUT2D eigenvalue weighted by molar-refractivity contribution is -0.392. The number of aryl methyl sites for hydroxylation is 1. The number of ether oxygens (including phenoxy) is 2. The second kappa shape index (κ2) is 7.55. The number of aromatic nitrogens is 2. The molecule has 25 heavy (non-hydrogen) atoms. The molecule has 1 N–H and O–H groups in total. The molecule has 0 atom stereocenters. The minimum atomic E-state index is -3.02. The van der Waals surface area contributed by atoms with Gasteiger partial charge >= 0.3 is 12.4 Å². The molecule has 0 aliphatic heterocycles. The van der Waals surface area contributed by atoms with E-state index in [-0.39, 0.29) is 29.5 Å². The van der Waals surface area contributed by atoms with Crippen LogP contribution in [0, 0.1) is 17.0 Å². The number of carbonyl (C=O) groups excluding carboxylic acids is 1. The molecule has 0 fully saturated rings. The number of benzene rings is 1. The highest BCUT2D eigenvalue weighted by Crippen LogP contribution is 2.31. The summed E-state index contributed by atoms with van der Waals surface area (Å²) >= 11 is 0. The highest BCUT2D eigenvalue weighted by molar-refractivity contribution is 5.91. The quantitative estimate of drug-likeness (QED) is 0.602. The van der Waals surface area contributed by atoms with E-state index in [4.69, 9.17) is 4.74 Å². The molecule has 1 amide bonds. The van der Waals surface area contributed by atoms with Gasteiger partial charge in [-0.2, -0.15) is 8.78 Å². The van der Waals surface area contributed by atoms with Crippen molar-refractivity contribution in [3.05, 3.63) is 40.1 Å². The van der Waals surface area contributed by atoms with E-state index in [9.17, 15) is 23.7 Å². The molecule has 0 bridgehead atoms. The Morgan fingerprint density at radius 1 is 1.40 bits per heavy atom. The van der Waals surface area contributed by atoms with Gasteiger partial charge in [0.25, 0.3) is 5.91 Å². The Morgan fingerprint density at radius 2 is 2.12 bits per heavy atom. The van der Waals surface area contributed by atoms with E-state index in [1.54, 1.807) is 6.92 Å². The van der Waals surface area contributed by atoms with Crippen LogP contribution in [0.25, 0.3) is 0 Å². The number of alkyl halides is 2. The van der Waals surface area contributed by atoms with E-state index >= 15 is 0 Å². The van der Waals surface area contributed by atoms with Gasteiger partial charge in [-0.1, -0.05) is 5.10 Å². The van der Waals surface area contributed by atoms with Crippen LogP contribution in [-0.2, 0) is 11.3 Å². The summed E-state index contributed by atoms with van der Waals surface area (Å²) in [6.07, 6.45) is 0. The van der Waals surface area contributed by atoms with Crippen molar-refractivity contribution >= 4 is 17.4 Å². The van der Waals surface area contributed by atoms with Crippen molar-refractivity contribution in [1.29, 1.82) is 0 Å². The molecule has 11 heteroatoms. The van der Waals surface area contributed by atoms with E-state index in [1.165, 1.54) is 31.4 Å². The number of hydrogen-bond acceptors (Lipinski definition) is 6. The van der Waals surface area contributed by atoms with Gasteiger partial charge in [-0.25, -0.2) is 0 Å². The van der Waals surface area contributed by atoms with Crippen LogP contribution in [0.5, 0.6) is 11.5 Å². The number of hydrogen-bond donors (Lipinski definition) is 1. The van der Waals surface area contributed by atoms with Gasteiger partial charge in [-0.15, -0.1) is 4.68 Å². The molecule has 0 saturated heterocycles. The minimum absolute atomic E-state index is 0.000913. The summed E-state index contributed by atoms with van der Waals surface area (Å²) in [6.45, 7) is -1.84. The molecule has 0 aliphatic rings. The van der Waals surface area contributed by atoms with Crippen LogP contribution in [0.15, 0.2) is 24.3 Å². The number of amides is 1. The molecule has 0 aliphatic carbocycles. The first-order valence-electron chi connectivity index (χ1n) is 6.91. The summed E-state index contributed by atoms with van der Waals surface area (Å²) in [6, 6.07) is 5.08. The second-order valence-electron chi connectivity index (χ2n) is 4.85. The zero-order valence-corrected chi connectivity index (χ0v) is 13.2. The Labute approximate surface area is 140 Å². The Balaban J connectivity index is 2.12. The van der Waals surface area contributed by atoms with Crippen molar-refractivity contribution in [3.8, 4) is 11.5 Å². The minimum Gasteiger partial charge on any atom is -0.493 e. The van der Waals surface area contributed by atoms with Gasteiger partial charge < -0.3 is 24.9 Å². The third kappa shape index (κ3) is 4.62. The van der Waals surface area contributed by atoms with Crippen molar-refractivity contribution < 1.29 is 28.0 Å². The number of nitrogens with zero attached hydrogens (tertiary/aromatic N) is 3. The summed E-state index contributed by atoms with van der Waals surface area (Å²) in [5.41, 5.74) is 0.643. The highest BCUT2D eigenvalue weighted by atomic mass is 19.3. The number of nitrogens with one attached hydrogen (secondary N) is 1. The third-order valence-corrected chi connectivity index (χ3v) is 3.02. The lowest BCUT2D eigenvalue weighted by atomic mass is 10.2. The number of anilines is 1. The number of methoxy groups -OCH3 is 1. The molecule has 134 valence electrons. The van der Waals surface area contributed by atoms with Gasteiger partial charge in [0.05, 0.1) is 18.9 Å². The van der Waals surface area contributed by atoms with E-state index in [2.05, 4.69) is 15.2 Å². The fourth-order valence-corrected chi connectivity index (χ4v) is 2.07. The van der Waals surface area contributed by atoms with Gasteiger partial charge in [-0.3, -0.25) is 4.79 Å². The van der Waals surface area contributed by atoms with Crippen LogP contribution in [0.4, 0.5) is 20.3 Å². The van der Waals surface area contributed by atoms with Gasteiger partial charge in [0.2, 0.25) is 0 Å². The van der Waals surface area contributed by atoms with E-state index in [0.29, 0.717) is 5.69 Å².